The molecule has 3 aromatic rings. The fourth-order valence-electron chi connectivity index (χ4n) is 5.40. The van der Waals surface area contributed by atoms with Crippen molar-refractivity contribution in [1.29, 1.82) is 0 Å². The number of imidazole rings is 1. The highest BCUT2D eigenvalue weighted by Gasteiger charge is 2.28. The summed E-state index contributed by atoms with van der Waals surface area (Å²) < 4.78 is 40.8. The standard InChI is InChI=1S/C27H34F2N8O3/c1-39-20-7-3-6-19-24(20)33-26(25(28)29)37(19)27-31-21(16-22(32-27)36-12-14-40-15-13-36)35-10-8-34(9-11-35)17-23(38)30-18-4-2-5-18/h3,6-7,16,18,25H,2,4-5,8-15,17H2,1H3,(H,30,38). The van der Waals surface area contributed by atoms with Crippen LogP contribution >= 0.6 is 0 Å². The van der Waals surface area contributed by atoms with Gasteiger partial charge in [-0.25, -0.2) is 13.8 Å². The van der Waals surface area contributed by atoms with E-state index in [-0.39, 0.29) is 11.9 Å². The average molecular weight is 557 g/mol. The lowest BCUT2D eigenvalue weighted by Crippen LogP contribution is -2.51. The zero-order valence-corrected chi connectivity index (χ0v) is 22.6. The molecule has 214 valence electrons. The fourth-order valence-corrected chi connectivity index (χ4v) is 5.40. The number of alkyl halides is 2. The van der Waals surface area contributed by atoms with Crippen LogP contribution in [0.15, 0.2) is 24.3 Å². The maximum atomic E-state index is 14.3. The number of anilines is 2. The Labute approximate surface area is 231 Å². The van der Waals surface area contributed by atoms with Gasteiger partial charge in [-0.05, 0) is 31.4 Å². The molecule has 3 aliphatic rings. The number of ether oxygens (including phenoxy) is 2. The van der Waals surface area contributed by atoms with Crippen molar-refractivity contribution < 1.29 is 23.0 Å². The number of hydrogen-bond acceptors (Lipinski definition) is 9. The summed E-state index contributed by atoms with van der Waals surface area (Å²) >= 11 is 0. The van der Waals surface area contributed by atoms with Gasteiger partial charge in [0.1, 0.15) is 22.9 Å². The van der Waals surface area contributed by atoms with Crippen LogP contribution < -0.4 is 19.9 Å². The average Bonchev–Trinajstić information content (AvgIpc) is 3.36. The highest BCUT2D eigenvalue weighted by Crippen LogP contribution is 2.33. The predicted octanol–water partition coefficient (Wildman–Crippen LogP) is 2.39. The van der Waals surface area contributed by atoms with Crippen LogP contribution in [0.1, 0.15) is 31.5 Å². The Bertz CT molecular complexity index is 1350. The number of methoxy groups -OCH3 is 1. The number of morpholine rings is 1. The van der Waals surface area contributed by atoms with Crippen molar-refractivity contribution in [2.45, 2.75) is 31.7 Å². The van der Waals surface area contributed by atoms with E-state index in [2.05, 4.69) is 25.0 Å². The van der Waals surface area contributed by atoms with E-state index in [4.69, 9.17) is 19.4 Å². The van der Waals surface area contributed by atoms with Gasteiger partial charge in [0.25, 0.3) is 6.43 Å². The number of nitrogens with zero attached hydrogens (tertiary/aromatic N) is 7. The summed E-state index contributed by atoms with van der Waals surface area (Å²) in [6.07, 6.45) is 0.463. The summed E-state index contributed by atoms with van der Waals surface area (Å²) in [5.41, 5.74) is 0.776. The molecular formula is C27H34F2N8O3. The maximum Gasteiger partial charge on any atom is 0.296 e. The van der Waals surface area contributed by atoms with Crippen molar-refractivity contribution in [2.24, 2.45) is 0 Å². The molecule has 2 saturated heterocycles. The minimum absolute atomic E-state index is 0.0685. The number of rotatable bonds is 8. The third-order valence-corrected chi connectivity index (χ3v) is 7.85. The summed E-state index contributed by atoms with van der Waals surface area (Å²) in [6.45, 7) is 5.45. The lowest BCUT2D eigenvalue weighted by Gasteiger charge is -2.36. The van der Waals surface area contributed by atoms with E-state index < -0.39 is 12.2 Å². The van der Waals surface area contributed by atoms with E-state index in [1.54, 1.807) is 18.2 Å². The van der Waals surface area contributed by atoms with Crippen molar-refractivity contribution in [1.82, 2.24) is 29.7 Å². The Morgan fingerprint density at radius 1 is 1.05 bits per heavy atom. The molecular weight excluding hydrogens is 522 g/mol. The predicted molar refractivity (Wildman–Crippen MR) is 146 cm³/mol. The molecule has 2 aliphatic heterocycles. The maximum absolute atomic E-state index is 14.3. The Balaban J connectivity index is 1.31. The Morgan fingerprint density at radius 2 is 1.75 bits per heavy atom. The van der Waals surface area contributed by atoms with Crippen LogP contribution in [-0.2, 0) is 9.53 Å². The van der Waals surface area contributed by atoms with E-state index in [9.17, 15) is 13.6 Å². The molecule has 13 heteroatoms. The number of carbonyl (C=O) groups excluding carboxylic acids is 1. The lowest BCUT2D eigenvalue weighted by atomic mass is 9.93. The van der Waals surface area contributed by atoms with Gasteiger partial charge in [0, 0.05) is 51.4 Å². The number of para-hydroxylation sites is 1. The molecule has 0 atom stereocenters. The minimum atomic E-state index is -2.84. The zero-order chi connectivity index (χ0) is 27.6. The van der Waals surface area contributed by atoms with Gasteiger partial charge in [-0.3, -0.25) is 14.3 Å². The zero-order valence-electron chi connectivity index (χ0n) is 22.6. The molecule has 11 nitrogen and oxygen atoms in total. The molecule has 0 spiro atoms. The van der Waals surface area contributed by atoms with E-state index >= 15 is 0 Å². The van der Waals surface area contributed by atoms with Gasteiger partial charge in [-0.1, -0.05) is 6.07 Å². The van der Waals surface area contributed by atoms with Gasteiger partial charge < -0.3 is 24.6 Å². The molecule has 1 aliphatic carbocycles. The monoisotopic (exact) mass is 556 g/mol. The molecule has 1 N–H and O–H groups in total. The Hall–Kier alpha value is -3.58. The van der Waals surface area contributed by atoms with Gasteiger partial charge in [0.15, 0.2) is 5.82 Å². The van der Waals surface area contributed by atoms with E-state index in [1.165, 1.54) is 18.1 Å². The fraction of sp³-hybridized carbons (Fsp3) is 0.556. The van der Waals surface area contributed by atoms with E-state index in [1.807, 2.05) is 6.07 Å². The van der Waals surface area contributed by atoms with Crippen molar-refractivity contribution in [2.75, 3.05) is 75.9 Å². The van der Waals surface area contributed by atoms with Crippen LogP contribution in [-0.4, -0.2) is 103 Å². The molecule has 1 amide bonds. The number of piperazine rings is 1. The number of halogens is 2. The van der Waals surface area contributed by atoms with Crippen molar-refractivity contribution in [3.63, 3.8) is 0 Å². The number of nitrogens with one attached hydrogen (secondary N) is 1. The number of amides is 1. The van der Waals surface area contributed by atoms with Gasteiger partial charge >= 0.3 is 0 Å². The largest absolute Gasteiger partial charge is 0.494 e. The molecule has 3 fully saturated rings. The second-order valence-electron chi connectivity index (χ2n) is 10.4. The molecule has 4 heterocycles. The number of carbonyl (C=O) groups is 1. The van der Waals surface area contributed by atoms with Gasteiger partial charge in [-0.2, -0.15) is 9.97 Å². The van der Waals surface area contributed by atoms with Gasteiger partial charge in [-0.15, -0.1) is 0 Å². The summed E-state index contributed by atoms with van der Waals surface area (Å²) in [4.78, 5) is 32.5. The highest BCUT2D eigenvalue weighted by atomic mass is 19.3. The molecule has 2 aromatic heterocycles. The number of benzene rings is 1. The molecule has 6 rings (SSSR count). The van der Waals surface area contributed by atoms with Crippen LogP contribution in [0.25, 0.3) is 17.0 Å². The first-order valence-electron chi connectivity index (χ1n) is 13.8. The first-order valence-corrected chi connectivity index (χ1v) is 13.8. The third-order valence-electron chi connectivity index (χ3n) is 7.85. The summed E-state index contributed by atoms with van der Waals surface area (Å²) in [7, 11) is 1.49. The summed E-state index contributed by atoms with van der Waals surface area (Å²) in [5.74, 6) is 1.46. The van der Waals surface area contributed by atoms with Crippen molar-refractivity contribution >= 4 is 28.6 Å². The quantitative estimate of drug-likeness (QED) is 0.448. The second kappa shape index (κ2) is 11.5. The Kier molecular flexibility index (Phi) is 7.65. The third kappa shape index (κ3) is 5.39. The van der Waals surface area contributed by atoms with E-state index in [0.29, 0.717) is 93.5 Å². The van der Waals surface area contributed by atoms with Crippen LogP contribution in [0.3, 0.4) is 0 Å². The first-order chi connectivity index (χ1) is 19.5. The summed E-state index contributed by atoms with van der Waals surface area (Å²) in [6, 6.07) is 7.38. The first kappa shape index (κ1) is 26.6. The van der Waals surface area contributed by atoms with Crippen LogP contribution in [0.2, 0.25) is 0 Å². The molecule has 1 saturated carbocycles. The van der Waals surface area contributed by atoms with Crippen molar-refractivity contribution in [3.05, 3.63) is 30.1 Å². The van der Waals surface area contributed by atoms with Gasteiger partial charge in [0.05, 0.1) is 32.4 Å². The smallest absolute Gasteiger partial charge is 0.296 e. The lowest BCUT2D eigenvalue weighted by molar-refractivity contribution is -0.123. The molecule has 0 radical (unpaired) electrons. The van der Waals surface area contributed by atoms with Crippen LogP contribution in [0.4, 0.5) is 20.4 Å². The van der Waals surface area contributed by atoms with Crippen LogP contribution in [0.5, 0.6) is 5.75 Å². The van der Waals surface area contributed by atoms with Crippen LogP contribution in [0, 0.1) is 0 Å². The van der Waals surface area contributed by atoms with E-state index in [0.717, 1.165) is 12.8 Å². The number of aromatic nitrogens is 4. The molecule has 1 aromatic carbocycles. The SMILES string of the molecule is COc1cccc2c1nc(C(F)F)n2-c1nc(N2CCOCC2)cc(N2CCN(CC(=O)NC3CCC3)CC2)n1. The van der Waals surface area contributed by atoms with Gasteiger partial charge in [0.2, 0.25) is 11.9 Å². The molecule has 40 heavy (non-hydrogen) atoms. The molecule has 0 unspecified atom stereocenters. The second-order valence-corrected chi connectivity index (χ2v) is 10.4. The number of hydrogen-bond donors (Lipinski definition) is 1. The summed E-state index contributed by atoms with van der Waals surface area (Å²) in [5, 5.41) is 3.10. The highest BCUT2D eigenvalue weighted by molar-refractivity contribution is 5.84. The van der Waals surface area contributed by atoms with Crippen molar-refractivity contribution in [3.8, 4) is 11.7 Å². The minimum Gasteiger partial charge on any atom is -0.494 e. The Morgan fingerprint density at radius 3 is 2.38 bits per heavy atom. The molecule has 0 bridgehead atoms. The topological polar surface area (TPSA) is 101 Å². The number of fused-ring (bicyclic) bond motifs is 1. The normalized spacial score (nSPS) is 18.8.